The Labute approximate surface area is 164 Å². The van der Waals surface area contributed by atoms with Crippen LogP contribution < -0.4 is 10.1 Å². The molecule has 1 heterocycles. The maximum absolute atomic E-state index is 12.7. The third-order valence-electron chi connectivity index (χ3n) is 4.14. The summed E-state index contributed by atoms with van der Waals surface area (Å²) < 4.78 is 48.6. The van der Waals surface area contributed by atoms with Crippen molar-refractivity contribution in [3.05, 3.63) is 76.9 Å². The smallest absolute Gasteiger partial charge is 0.416 e. The lowest BCUT2D eigenvalue weighted by atomic mass is 10.1. The Morgan fingerprint density at radius 2 is 1.86 bits per heavy atom. The van der Waals surface area contributed by atoms with Crippen LogP contribution in [-0.4, -0.2) is 16.0 Å². The lowest BCUT2D eigenvalue weighted by Crippen LogP contribution is -2.27. The van der Waals surface area contributed by atoms with E-state index in [1.165, 1.54) is 12.1 Å². The minimum atomic E-state index is -4.40. The second kappa shape index (κ2) is 8.34. The monoisotopic (exact) mass is 405 g/mol. The van der Waals surface area contributed by atoms with E-state index in [9.17, 15) is 18.0 Å². The van der Waals surface area contributed by atoms with E-state index < -0.39 is 23.7 Å². The standard InChI is InChI=1S/C20H18F3N3O3/c1-12(14-7-9-15(10-8-14)20(21,22)23)24-19(27)16-5-3-4-6-17(16)28-11-18-25-13(2)29-26-18/h3-10,12H,11H2,1-2H3,(H,24,27). The number of alkyl halides is 3. The SMILES string of the molecule is Cc1nc(COc2ccccc2C(=O)NC(C)c2ccc(C(F)(F)F)cc2)no1. The first kappa shape index (κ1) is 20.4. The third kappa shape index (κ3) is 5.13. The highest BCUT2D eigenvalue weighted by molar-refractivity contribution is 5.97. The van der Waals surface area contributed by atoms with Crippen molar-refractivity contribution in [3.63, 3.8) is 0 Å². The highest BCUT2D eigenvalue weighted by Gasteiger charge is 2.30. The summed E-state index contributed by atoms with van der Waals surface area (Å²) >= 11 is 0. The Morgan fingerprint density at radius 1 is 1.17 bits per heavy atom. The number of hydrogen-bond donors (Lipinski definition) is 1. The number of benzene rings is 2. The first-order valence-electron chi connectivity index (χ1n) is 8.73. The van der Waals surface area contributed by atoms with Crippen LogP contribution in [0.3, 0.4) is 0 Å². The van der Waals surface area contributed by atoms with Crippen molar-refractivity contribution in [2.24, 2.45) is 0 Å². The minimum Gasteiger partial charge on any atom is -0.485 e. The average Bonchev–Trinajstić information content (AvgIpc) is 3.11. The van der Waals surface area contributed by atoms with Crippen LogP contribution in [0.4, 0.5) is 13.2 Å². The molecule has 6 nitrogen and oxygen atoms in total. The van der Waals surface area contributed by atoms with Gasteiger partial charge in [-0.3, -0.25) is 4.79 Å². The molecule has 0 bridgehead atoms. The number of aromatic nitrogens is 2. The van der Waals surface area contributed by atoms with Gasteiger partial charge in [-0.2, -0.15) is 18.2 Å². The molecule has 0 aliphatic rings. The molecule has 0 saturated carbocycles. The van der Waals surface area contributed by atoms with E-state index in [2.05, 4.69) is 15.5 Å². The van der Waals surface area contributed by atoms with E-state index in [1.807, 2.05) is 0 Å². The van der Waals surface area contributed by atoms with Crippen LogP contribution >= 0.6 is 0 Å². The number of rotatable bonds is 6. The largest absolute Gasteiger partial charge is 0.485 e. The lowest BCUT2D eigenvalue weighted by Gasteiger charge is -2.17. The van der Waals surface area contributed by atoms with Crippen molar-refractivity contribution < 1.29 is 27.2 Å². The Morgan fingerprint density at radius 3 is 2.48 bits per heavy atom. The van der Waals surface area contributed by atoms with E-state index in [0.29, 0.717) is 23.0 Å². The maximum atomic E-state index is 12.7. The molecule has 29 heavy (non-hydrogen) atoms. The van der Waals surface area contributed by atoms with Gasteiger partial charge in [0.05, 0.1) is 17.2 Å². The average molecular weight is 405 g/mol. The number of carbonyl (C=O) groups is 1. The fourth-order valence-corrected chi connectivity index (χ4v) is 2.64. The molecule has 0 spiro atoms. The molecule has 0 fully saturated rings. The molecule has 1 amide bonds. The zero-order valence-electron chi connectivity index (χ0n) is 15.7. The number of ether oxygens (including phenoxy) is 1. The molecular weight excluding hydrogens is 387 g/mol. The predicted molar refractivity (Wildman–Crippen MR) is 97.1 cm³/mol. The molecule has 1 unspecified atom stereocenters. The van der Waals surface area contributed by atoms with Gasteiger partial charge >= 0.3 is 6.18 Å². The second-order valence-electron chi connectivity index (χ2n) is 6.33. The molecule has 9 heteroatoms. The number of hydrogen-bond acceptors (Lipinski definition) is 5. The molecule has 3 aromatic rings. The highest BCUT2D eigenvalue weighted by Crippen LogP contribution is 2.30. The summed E-state index contributed by atoms with van der Waals surface area (Å²) in [5, 5.41) is 6.49. The van der Waals surface area contributed by atoms with Crippen LogP contribution in [0, 0.1) is 6.92 Å². The highest BCUT2D eigenvalue weighted by atomic mass is 19.4. The molecular formula is C20H18F3N3O3. The van der Waals surface area contributed by atoms with Crippen LogP contribution in [0.25, 0.3) is 0 Å². The molecule has 0 aliphatic carbocycles. The summed E-state index contributed by atoms with van der Waals surface area (Å²) in [7, 11) is 0. The van der Waals surface area contributed by atoms with Crippen molar-refractivity contribution in [2.75, 3.05) is 0 Å². The molecule has 0 aliphatic heterocycles. The molecule has 0 radical (unpaired) electrons. The Kier molecular flexibility index (Phi) is 5.86. The normalized spacial score (nSPS) is 12.4. The van der Waals surface area contributed by atoms with Gasteiger partial charge in [-0.15, -0.1) is 0 Å². The Balaban J connectivity index is 1.68. The maximum Gasteiger partial charge on any atom is 0.416 e. The number of amides is 1. The van der Waals surface area contributed by atoms with Crippen LogP contribution in [0.2, 0.25) is 0 Å². The van der Waals surface area contributed by atoms with Gasteiger partial charge in [-0.05, 0) is 36.8 Å². The molecule has 1 aromatic heterocycles. The van der Waals surface area contributed by atoms with Crippen molar-refractivity contribution in [1.82, 2.24) is 15.5 Å². The van der Waals surface area contributed by atoms with Crippen LogP contribution in [0.15, 0.2) is 53.1 Å². The first-order chi connectivity index (χ1) is 13.7. The van der Waals surface area contributed by atoms with Gasteiger partial charge in [0.2, 0.25) is 11.7 Å². The van der Waals surface area contributed by atoms with E-state index in [-0.39, 0.29) is 12.2 Å². The number of nitrogens with one attached hydrogen (secondary N) is 1. The quantitative estimate of drug-likeness (QED) is 0.655. The van der Waals surface area contributed by atoms with E-state index in [1.54, 1.807) is 38.1 Å². The van der Waals surface area contributed by atoms with Crippen molar-refractivity contribution in [3.8, 4) is 5.75 Å². The first-order valence-corrected chi connectivity index (χ1v) is 8.73. The van der Waals surface area contributed by atoms with Crippen LogP contribution in [0.1, 0.15) is 46.2 Å². The van der Waals surface area contributed by atoms with Gasteiger partial charge in [-0.1, -0.05) is 29.4 Å². The number of carbonyl (C=O) groups excluding carboxylic acids is 1. The van der Waals surface area contributed by atoms with Crippen molar-refractivity contribution >= 4 is 5.91 Å². The Bertz CT molecular complexity index is 984. The van der Waals surface area contributed by atoms with Gasteiger partial charge in [-0.25, -0.2) is 0 Å². The predicted octanol–water partition coefficient (Wildman–Crippen LogP) is 4.47. The van der Waals surface area contributed by atoms with Gasteiger partial charge in [0.15, 0.2) is 6.61 Å². The van der Waals surface area contributed by atoms with Crippen LogP contribution in [-0.2, 0) is 12.8 Å². The summed E-state index contributed by atoms with van der Waals surface area (Å²) in [4.78, 5) is 16.7. The molecule has 1 atom stereocenters. The van der Waals surface area contributed by atoms with Crippen molar-refractivity contribution in [2.45, 2.75) is 32.7 Å². The third-order valence-corrected chi connectivity index (χ3v) is 4.14. The van der Waals surface area contributed by atoms with Crippen molar-refractivity contribution in [1.29, 1.82) is 0 Å². The second-order valence-corrected chi connectivity index (χ2v) is 6.33. The number of para-hydroxylation sites is 1. The van der Waals surface area contributed by atoms with Crippen LogP contribution in [0.5, 0.6) is 5.75 Å². The minimum absolute atomic E-state index is 0.0239. The number of halogens is 3. The zero-order valence-corrected chi connectivity index (χ0v) is 15.7. The van der Waals surface area contributed by atoms with E-state index >= 15 is 0 Å². The van der Waals surface area contributed by atoms with Gasteiger partial charge < -0.3 is 14.6 Å². The molecule has 2 aromatic carbocycles. The molecule has 1 N–H and O–H groups in total. The lowest BCUT2D eigenvalue weighted by molar-refractivity contribution is -0.137. The topological polar surface area (TPSA) is 77.2 Å². The van der Waals surface area contributed by atoms with E-state index in [4.69, 9.17) is 9.26 Å². The Hall–Kier alpha value is -3.36. The van der Waals surface area contributed by atoms with Gasteiger partial charge in [0.1, 0.15) is 5.75 Å². The summed E-state index contributed by atoms with van der Waals surface area (Å²) in [6, 6.07) is 10.8. The zero-order chi connectivity index (χ0) is 21.0. The summed E-state index contributed by atoms with van der Waals surface area (Å²) in [6.45, 7) is 3.36. The molecule has 3 rings (SSSR count). The number of aryl methyl sites for hydroxylation is 1. The van der Waals surface area contributed by atoms with Gasteiger partial charge in [0, 0.05) is 6.92 Å². The summed E-state index contributed by atoms with van der Waals surface area (Å²) in [5.74, 6) is 0.653. The number of nitrogens with zero attached hydrogens (tertiary/aromatic N) is 2. The summed E-state index contributed by atoms with van der Waals surface area (Å²) in [5.41, 5.74) is 0.0914. The molecule has 152 valence electrons. The molecule has 0 saturated heterocycles. The van der Waals surface area contributed by atoms with Gasteiger partial charge in [0.25, 0.3) is 5.91 Å². The fourth-order valence-electron chi connectivity index (χ4n) is 2.64. The van der Waals surface area contributed by atoms with E-state index in [0.717, 1.165) is 12.1 Å². The fraction of sp³-hybridized carbons (Fsp3) is 0.250. The summed E-state index contributed by atoms with van der Waals surface area (Å²) in [6.07, 6.45) is -4.40.